The van der Waals surface area contributed by atoms with Gasteiger partial charge in [0.25, 0.3) is 0 Å². The minimum atomic E-state index is -0.142. The van der Waals surface area contributed by atoms with Crippen molar-refractivity contribution in [2.24, 2.45) is 11.3 Å². The Morgan fingerprint density at radius 3 is 2.91 bits per heavy atom. The third-order valence-corrected chi connectivity index (χ3v) is 9.99. The normalized spacial score (nSPS) is 15.5. The molecule has 1 atom stereocenters. The van der Waals surface area contributed by atoms with Crippen LogP contribution in [0.5, 0.6) is 0 Å². The SMILES string of the molecule is C=CCn1c(SCC(=O)Nc2sc3c(c2C#N)CCC(C(C)(C)CC)C3)nnc1-c1csc(C)c1. The third-order valence-electron chi connectivity index (χ3n) is 7.00. The summed E-state index contributed by atoms with van der Waals surface area (Å²) in [5.41, 5.74) is 3.06. The van der Waals surface area contributed by atoms with E-state index in [9.17, 15) is 10.1 Å². The number of hydrogen-bond acceptors (Lipinski definition) is 7. The zero-order valence-corrected chi connectivity index (χ0v) is 23.1. The quantitative estimate of drug-likeness (QED) is 0.248. The first-order chi connectivity index (χ1) is 16.8. The van der Waals surface area contributed by atoms with Crippen molar-refractivity contribution >= 4 is 45.3 Å². The second-order valence-corrected chi connectivity index (χ2v) is 12.8. The van der Waals surface area contributed by atoms with Gasteiger partial charge in [0.1, 0.15) is 11.1 Å². The highest BCUT2D eigenvalue weighted by Crippen LogP contribution is 2.45. The lowest BCUT2D eigenvalue weighted by molar-refractivity contribution is -0.113. The zero-order valence-electron chi connectivity index (χ0n) is 20.7. The Balaban J connectivity index is 1.46. The molecule has 4 rings (SSSR count). The molecular formula is C26H31N5OS3. The van der Waals surface area contributed by atoms with Crippen LogP contribution >= 0.6 is 34.4 Å². The van der Waals surface area contributed by atoms with Crippen LogP contribution in [0.1, 0.15) is 54.5 Å². The largest absolute Gasteiger partial charge is 0.316 e. The Morgan fingerprint density at radius 2 is 2.26 bits per heavy atom. The summed E-state index contributed by atoms with van der Waals surface area (Å²) in [6.07, 6.45) is 5.92. The van der Waals surface area contributed by atoms with Crippen molar-refractivity contribution in [3.05, 3.63) is 45.0 Å². The van der Waals surface area contributed by atoms with Crippen LogP contribution in [0.3, 0.4) is 0 Å². The summed E-state index contributed by atoms with van der Waals surface area (Å²) in [6.45, 7) is 13.4. The van der Waals surface area contributed by atoms with E-state index in [4.69, 9.17) is 0 Å². The fourth-order valence-electron chi connectivity index (χ4n) is 4.50. The van der Waals surface area contributed by atoms with Gasteiger partial charge in [0.2, 0.25) is 5.91 Å². The highest BCUT2D eigenvalue weighted by atomic mass is 32.2. The number of carbonyl (C=O) groups is 1. The summed E-state index contributed by atoms with van der Waals surface area (Å²) in [4.78, 5) is 15.3. The molecule has 9 heteroatoms. The van der Waals surface area contributed by atoms with Crippen LogP contribution in [0.2, 0.25) is 0 Å². The number of thioether (sulfide) groups is 1. The molecule has 3 heterocycles. The van der Waals surface area contributed by atoms with Crippen LogP contribution in [-0.2, 0) is 24.2 Å². The molecule has 1 unspecified atom stereocenters. The van der Waals surface area contributed by atoms with Gasteiger partial charge < -0.3 is 5.32 Å². The number of amides is 1. The summed E-state index contributed by atoms with van der Waals surface area (Å²) >= 11 is 4.59. The first-order valence-corrected chi connectivity index (χ1v) is 14.5. The molecule has 1 aliphatic carbocycles. The Morgan fingerprint density at radius 1 is 1.46 bits per heavy atom. The van der Waals surface area contributed by atoms with Gasteiger partial charge in [-0.1, -0.05) is 45.0 Å². The first kappa shape index (κ1) is 25.7. The van der Waals surface area contributed by atoms with Crippen LogP contribution in [0, 0.1) is 29.6 Å². The molecule has 0 radical (unpaired) electrons. The molecule has 1 amide bonds. The van der Waals surface area contributed by atoms with Crippen molar-refractivity contribution in [1.82, 2.24) is 14.8 Å². The Labute approximate surface area is 219 Å². The van der Waals surface area contributed by atoms with Crippen LogP contribution in [0.4, 0.5) is 5.00 Å². The number of nitrogens with one attached hydrogen (secondary N) is 1. The molecular weight excluding hydrogens is 495 g/mol. The lowest BCUT2D eigenvalue weighted by atomic mass is 9.69. The van der Waals surface area contributed by atoms with Gasteiger partial charge >= 0.3 is 0 Å². The van der Waals surface area contributed by atoms with Crippen LogP contribution in [0.15, 0.2) is 29.3 Å². The molecule has 1 aliphatic rings. The molecule has 3 aromatic heterocycles. The smallest absolute Gasteiger partial charge is 0.235 e. The molecule has 0 aliphatic heterocycles. The number of fused-ring (bicyclic) bond motifs is 1. The van der Waals surface area contributed by atoms with Crippen LogP contribution in [0.25, 0.3) is 11.4 Å². The molecule has 0 saturated heterocycles. The monoisotopic (exact) mass is 525 g/mol. The minimum absolute atomic E-state index is 0.142. The Kier molecular flexibility index (Phi) is 7.84. The summed E-state index contributed by atoms with van der Waals surface area (Å²) in [5.74, 6) is 1.43. The van der Waals surface area contributed by atoms with E-state index in [1.807, 2.05) is 4.57 Å². The van der Waals surface area contributed by atoms with Gasteiger partial charge in [-0.15, -0.1) is 39.4 Å². The molecule has 1 N–H and O–H groups in total. The highest BCUT2D eigenvalue weighted by molar-refractivity contribution is 7.99. The fraction of sp³-hybridized carbons (Fsp3) is 0.462. The minimum Gasteiger partial charge on any atom is -0.316 e. The Bertz CT molecular complexity index is 1280. The number of carbonyl (C=O) groups excluding carboxylic acids is 1. The van der Waals surface area contributed by atoms with Gasteiger partial charge in [-0.2, -0.15) is 5.26 Å². The van der Waals surface area contributed by atoms with Gasteiger partial charge in [-0.05, 0) is 49.1 Å². The molecule has 6 nitrogen and oxygen atoms in total. The second-order valence-electron chi connectivity index (χ2n) is 9.59. The second kappa shape index (κ2) is 10.7. The predicted molar refractivity (Wildman–Crippen MR) is 146 cm³/mol. The summed E-state index contributed by atoms with van der Waals surface area (Å²) in [7, 11) is 0. The maximum absolute atomic E-state index is 12.9. The number of nitrogens with zero attached hydrogens (tertiary/aromatic N) is 4. The van der Waals surface area contributed by atoms with E-state index >= 15 is 0 Å². The number of hydrogen-bond donors (Lipinski definition) is 1. The van der Waals surface area contributed by atoms with E-state index < -0.39 is 0 Å². The zero-order chi connectivity index (χ0) is 25.2. The maximum Gasteiger partial charge on any atom is 0.235 e. The molecule has 184 valence electrons. The summed E-state index contributed by atoms with van der Waals surface area (Å²) in [5, 5.41) is 25.0. The van der Waals surface area contributed by atoms with E-state index in [-0.39, 0.29) is 17.1 Å². The number of aromatic nitrogens is 3. The van der Waals surface area contributed by atoms with Crippen molar-refractivity contribution in [1.29, 1.82) is 5.26 Å². The molecule has 3 aromatic rings. The average molecular weight is 526 g/mol. The highest BCUT2D eigenvalue weighted by Gasteiger charge is 2.34. The van der Waals surface area contributed by atoms with Gasteiger partial charge in [0.05, 0.1) is 11.3 Å². The maximum atomic E-state index is 12.9. The van der Waals surface area contributed by atoms with E-state index in [1.54, 1.807) is 28.7 Å². The van der Waals surface area contributed by atoms with Crippen molar-refractivity contribution in [2.75, 3.05) is 11.1 Å². The van der Waals surface area contributed by atoms with Gasteiger partial charge in [-0.25, -0.2) is 0 Å². The molecule has 0 saturated carbocycles. The number of rotatable bonds is 9. The van der Waals surface area contributed by atoms with Crippen molar-refractivity contribution in [3.8, 4) is 17.5 Å². The third kappa shape index (κ3) is 5.40. The molecule has 0 bridgehead atoms. The van der Waals surface area contributed by atoms with E-state index in [2.05, 4.69) is 67.3 Å². The van der Waals surface area contributed by atoms with Crippen molar-refractivity contribution in [2.45, 2.75) is 65.1 Å². The lowest BCUT2D eigenvalue weighted by Gasteiger charge is -2.36. The topological polar surface area (TPSA) is 83.6 Å². The number of thiophene rings is 2. The summed E-state index contributed by atoms with van der Waals surface area (Å²) < 4.78 is 1.98. The first-order valence-electron chi connectivity index (χ1n) is 11.8. The number of anilines is 1. The van der Waals surface area contributed by atoms with Crippen molar-refractivity contribution < 1.29 is 4.79 Å². The van der Waals surface area contributed by atoms with Crippen LogP contribution in [-0.4, -0.2) is 26.4 Å². The standard InChI is InChI=1S/C26H31N5OS3/c1-6-10-31-23(17-11-16(3)33-14-17)29-30-25(31)34-15-22(32)28-24-20(13-27)19-9-8-18(12-21(19)35-24)26(4,5)7-2/h6,11,14,18H,1,7-10,12,15H2,2-5H3,(H,28,32). The number of nitriles is 1. The van der Waals surface area contributed by atoms with Gasteiger partial charge in [0, 0.05) is 27.2 Å². The molecule has 0 spiro atoms. The number of aryl methyl sites for hydroxylation is 1. The van der Waals surface area contributed by atoms with Gasteiger partial charge in [0.15, 0.2) is 11.0 Å². The molecule has 0 aromatic carbocycles. The van der Waals surface area contributed by atoms with E-state index in [0.717, 1.165) is 42.6 Å². The van der Waals surface area contributed by atoms with E-state index in [0.29, 0.717) is 28.2 Å². The average Bonchev–Trinajstić information content (AvgIpc) is 3.53. The predicted octanol–water partition coefficient (Wildman–Crippen LogP) is 6.71. The van der Waals surface area contributed by atoms with Crippen molar-refractivity contribution in [3.63, 3.8) is 0 Å². The molecule has 0 fully saturated rings. The molecule has 35 heavy (non-hydrogen) atoms. The number of allylic oxidation sites excluding steroid dienone is 1. The van der Waals surface area contributed by atoms with Crippen LogP contribution < -0.4 is 5.32 Å². The lowest BCUT2D eigenvalue weighted by Crippen LogP contribution is -2.28. The fourth-order valence-corrected chi connectivity index (χ4v) is 7.23. The summed E-state index contributed by atoms with van der Waals surface area (Å²) in [6, 6.07) is 4.44. The Hall–Kier alpha value is -2.41. The van der Waals surface area contributed by atoms with Gasteiger partial charge in [-0.3, -0.25) is 9.36 Å². The van der Waals surface area contributed by atoms with E-state index in [1.165, 1.54) is 21.5 Å².